The maximum atomic E-state index is 11.3. The smallest absolute Gasteiger partial charge is 0.220 e. The van der Waals surface area contributed by atoms with Gasteiger partial charge in [-0.3, -0.25) is 4.79 Å². The highest BCUT2D eigenvalue weighted by Crippen LogP contribution is 2.25. The molecule has 0 aromatic heterocycles. The summed E-state index contributed by atoms with van der Waals surface area (Å²) in [5.74, 6) is 0.836. The van der Waals surface area contributed by atoms with Crippen molar-refractivity contribution < 1.29 is 9.53 Å². The van der Waals surface area contributed by atoms with E-state index in [4.69, 9.17) is 4.74 Å². The lowest BCUT2D eigenvalue weighted by Gasteiger charge is -2.30. The number of nitrogens with one attached hydrogen (secondary N) is 2. The molecule has 0 aromatic rings. The van der Waals surface area contributed by atoms with Crippen LogP contribution in [0.15, 0.2) is 0 Å². The van der Waals surface area contributed by atoms with Gasteiger partial charge >= 0.3 is 0 Å². The van der Waals surface area contributed by atoms with Crippen molar-refractivity contribution in [2.24, 2.45) is 5.92 Å². The van der Waals surface area contributed by atoms with Crippen molar-refractivity contribution in [2.75, 3.05) is 26.3 Å². The molecule has 0 radical (unpaired) electrons. The van der Waals surface area contributed by atoms with Crippen LogP contribution < -0.4 is 10.6 Å². The molecule has 2 aliphatic rings. The third kappa shape index (κ3) is 3.69. The van der Waals surface area contributed by atoms with Crippen LogP contribution in [0, 0.1) is 5.92 Å². The molecule has 0 saturated carbocycles. The minimum Gasteiger partial charge on any atom is -0.379 e. The lowest BCUT2D eigenvalue weighted by atomic mass is 9.91. The predicted molar refractivity (Wildman–Crippen MR) is 71.4 cm³/mol. The largest absolute Gasteiger partial charge is 0.379 e. The number of amides is 1. The Bertz CT molecular complexity index is 275. The van der Waals surface area contributed by atoms with Crippen LogP contribution in [0.4, 0.5) is 0 Å². The van der Waals surface area contributed by atoms with Crippen molar-refractivity contribution in [3.63, 3.8) is 0 Å². The number of rotatable bonds is 5. The van der Waals surface area contributed by atoms with Crippen LogP contribution in [0.1, 0.15) is 45.4 Å². The summed E-state index contributed by atoms with van der Waals surface area (Å²) in [7, 11) is 0. The van der Waals surface area contributed by atoms with Crippen molar-refractivity contribution in [1.82, 2.24) is 10.6 Å². The molecule has 0 aliphatic carbocycles. The Labute approximate surface area is 110 Å². The van der Waals surface area contributed by atoms with Crippen molar-refractivity contribution >= 4 is 5.91 Å². The third-order valence-corrected chi connectivity index (χ3v) is 4.25. The number of hydrogen-bond acceptors (Lipinski definition) is 3. The van der Waals surface area contributed by atoms with E-state index in [2.05, 4.69) is 17.6 Å². The summed E-state index contributed by atoms with van der Waals surface area (Å²) < 4.78 is 5.57. The van der Waals surface area contributed by atoms with Gasteiger partial charge in [0.15, 0.2) is 0 Å². The van der Waals surface area contributed by atoms with Crippen LogP contribution in [0.2, 0.25) is 0 Å². The van der Waals surface area contributed by atoms with Crippen LogP contribution in [0.5, 0.6) is 0 Å². The fourth-order valence-corrected chi connectivity index (χ4v) is 3.06. The van der Waals surface area contributed by atoms with Crippen LogP contribution in [-0.4, -0.2) is 37.7 Å². The van der Waals surface area contributed by atoms with E-state index in [0.717, 1.165) is 45.6 Å². The Morgan fingerprint density at radius 1 is 1.50 bits per heavy atom. The summed E-state index contributed by atoms with van der Waals surface area (Å²) in [6.45, 7) is 5.83. The summed E-state index contributed by atoms with van der Waals surface area (Å²) in [4.78, 5) is 11.3. The molecule has 4 nitrogen and oxygen atoms in total. The molecule has 0 bridgehead atoms. The summed E-state index contributed by atoms with van der Waals surface area (Å²) in [5.41, 5.74) is 0.207. The first kappa shape index (κ1) is 13.8. The molecule has 2 unspecified atom stereocenters. The molecule has 4 heteroatoms. The number of ether oxygens (including phenoxy) is 1. The topological polar surface area (TPSA) is 50.4 Å². The van der Waals surface area contributed by atoms with Crippen LogP contribution in [0.3, 0.4) is 0 Å². The maximum Gasteiger partial charge on any atom is 0.220 e. The first-order chi connectivity index (χ1) is 8.74. The highest BCUT2D eigenvalue weighted by Gasteiger charge is 2.34. The summed E-state index contributed by atoms with van der Waals surface area (Å²) in [6.07, 6.45) is 6.32. The zero-order valence-corrected chi connectivity index (χ0v) is 11.5. The van der Waals surface area contributed by atoms with Crippen LogP contribution in [-0.2, 0) is 9.53 Å². The summed E-state index contributed by atoms with van der Waals surface area (Å²) in [6, 6.07) is 0. The van der Waals surface area contributed by atoms with Gasteiger partial charge in [0.05, 0.1) is 6.61 Å². The third-order valence-electron chi connectivity index (χ3n) is 4.25. The monoisotopic (exact) mass is 254 g/mol. The van der Waals surface area contributed by atoms with Gasteiger partial charge in [0.1, 0.15) is 0 Å². The SMILES string of the molecule is CCCC1(NCC2CCNC(=O)CC2)CCOC1. The van der Waals surface area contributed by atoms with Crippen LogP contribution in [0.25, 0.3) is 0 Å². The normalized spacial score (nSPS) is 33.2. The standard InChI is InChI=1S/C14H26N2O2/c1-2-6-14(7-9-18-11-14)16-10-12-3-4-13(17)15-8-5-12/h12,16H,2-11H2,1H3,(H,15,17). The van der Waals surface area contributed by atoms with Gasteiger partial charge in [-0.25, -0.2) is 0 Å². The minimum absolute atomic E-state index is 0.207. The second-order valence-electron chi connectivity index (χ2n) is 5.76. The molecule has 2 aliphatic heterocycles. The van der Waals surface area contributed by atoms with Gasteiger partial charge < -0.3 is 15.4 Å². The lowest BCUT2D eigenvalue weighted by molar-refractivity contribution is -0.120. The molecule has 18 heavy (non-hydrogen) atoms. The molecule has 2 atom stereocenters. The minimum atomic E-state index is 0.207. The Morgan fingerprint density at radius 3 is 3.11 bits per heavy atom. The van der Waals surface area contributed by atoms with E-state index < -0.39 is 0 Å². The summed E-state index contributed by atoms with van der Waals surface area (Å²) in [5, 5.41) is 6.69. The molecule has 2 N–H and O–H groups in total. The molecule has 2 heterocycles. The fourth-order valence-electron chi connectivity index (χ4n) is 3.06. The van der Waals surface area contributed by atoms with E-state index in [9.17, 15) is 4.79 Å². The lowest BCUT2D eigenvalue weighted by Crippen LogP contribution is -2.47. The molecule has 0 aromatic carbocycles. The second kappa shape index (κ2) is 6.53. The van der Waals surface area contributed by atoms with Gasteiger partial charge in [-0.2, -0.15) is 0 Å². The van der Waals surface area contributed by atoms with E-state index in [1.165, 1.54) is 12.8 Å². The Kier molecular flexibility index (Phi) is 5.01. The Hall–Kier alpha value is -0.610. The van der Waals surface area contributed by atoms with E-state index in [1.807, 2.05) is 0 Å². The van der Waals surface area contributed by atoms with Gasteiger partial charge in [-0.05, 0) is 38.1 Å². The van der Waals surface area contributed by atoms with Gasteiger partial charge in [0.2, 0.25) is 5.91 Å². The first-order valence-electron chi connectivity index (χ1n) is 7.33. The average molecular weight is 254 g/mol. The molecule has 1 amide bonds. The van der Waals surface area contributed by atoms with Gasteiger partial charge in [-0.15, -0.1) is 0 Å². The number of hydrogen-bond donors (Lipinski definition) is 2. The van der Waals surface area contributed by atoms with Gasteiger partial charge in [0, 0.05) is 25.1 Å². The predicted octanol–water partition coefficient (Wildman–Crippen LogP) is 1.45. The zero-order chi connectivity index (χ0) is 12.8. The second-order valence-corrected chi connectivity index (χ2v) is 5.76. The van der Waals surface area contributed by atoms with E-state index in [-0.39, 0.29) is 11.4 Å². The molecule has 2 rings (SSSR count). The van der Waals surface area contributed by atoms with Crippen molar-refractivity contribution in [3.8, 4) is 0 Å². The van der Waals surface area contributed by atoms with Crippen LogP contribution >= 0.6 is 0 Å². The Balaban J connectivity index is 1.80. The highest BCUT2D eigenvalue weighted by molar-refractivity contribution is 5.76. The molecular weight excluding hydrogens is 228 g/mol. The quantitative estimate of drug-likeness (QED) is 0.781. The fraction of sp³-hybridized carbons (Fsp3) is 0.929. The maximum absolute atomic E-state index is 11.3. The molecule has 2 saturated heterocycles. The highest BCUT2D eigenvalue weighted by atomic mass is 16.5. The van der Waals surface area contributed by atoms with Gasteiger partial charge in [-0.1, -0.05) is 13.3 Å². The molecular formula is C14H26N2O2. The average Bonchev–Trinajstić information content (AvgIpc) is 2.71. The van der Waals surface area contributed by atoms with Crippen molar-refractivity contribution in [3.05, 3.63) is 0 Å². The van der Waals surface area contributed by atoms with Crippen molar-refractivity contribution in [1.29, 1.82) is 0 Å². The van der Waals surface area contributed by atoms with E-state index in [1.54, 1.807) is 0 Å². The summed E-state index contributed by atoms with van der Waals surface area (Å²) >= 11 is 0. The molecule has 104 valence electrons. The van der Waals surface area contributed by atoms with Crippen molar-refractivity contribution in [2.45, 2.75) is 51.0 Å². The van der Waals surface area contributed by atoms with Gasteiger partial charge in [0.25, 0.3) is 0 Å². The Morgan fingerprint density at radius 2 is 2.39 bits per heavy atom. The molecule has 2 fully saturated rings. The number of carbonyl (C=O) groups is 1. The molecule has 0 spiro atoms. The van der Waals surface area contributed by atoms with E-state index >= 15 is 0 Å². The first-order valence-corrected chi connectivity index (χ1v) is 7.33. The number of carbonyl (C=O) groups excluding carboxylic acids is 1. The van der Waals surface area contributed by atoms with E-state index in [0.29, 0.717) is 12.3 Å². The zero-order valence-electron chi connectivity index (χ0n) is 11.5.